The summed E-state index contributed by atoms with van der Waals surface area (Å²) in [6, 6.07) is 7.50. The van der Waals surface area contributed by atoms with Crippen molar-refractivity contribution in [2.75, 3.05) is 18.4 Å². The number of aliphatic hydroxyl groups excluding tert-OH is 1. The van der Waals surface area contributed by atoms with E-state index >= 15 is 0 Å². The number of anilines is 1. The van der Waals surface area contributed by atoms with Gasteiger partial charge in [-0.05, 0) is 37.1 Å². The summed E-state index contributed by atoms with van der Waals surface area (Å²) in [4.78, 5) is 0. The molecule has 0 amide bonds. The second-order valence-corrected chi connectivity index (χ2v) is 6.46. The highest BCUT2D eigenvalue weighted by Crippen LogP contribution is 2.43. The molecule has 7 heteroatoms. The van der Waals surface area contributed by atoms with Crippen molar-refractivity contribution < 1.29 is 9.84 Å². The zero-order valence-electron chi connectivity index (χ0n) is 12.6. The van der Waals surface area contributed by atoms with Crippen LogP contribution in [0.5, 0.6) is 5.75 Å². The number of ether oxygens (including phenoxy) is 1. The Bertz CT molecular complexity index is 680. The van der Waals surface area contributed by atoms with Gasteiger partial charge in [0.2, 0.25) is 0 Å². The van der Waals surface area contributed by atoms with E-state index in [9.17, 15) is 5.11 Å². The third kappa shape index (κ3) is 3.15. The SMILES string of the molecule is OC(Nc1ccc(OC2CNC2)cc1)c1n[nH]c(C2CC2)c1Cl. The molecule has 2 aromatic rings. The van der Waals surface area contributed by atoms with E-state index in [2.05, 4.69) is 20.8 Å². The fourth-order valence-electron chi connectivity index (χ4n) is 2.57. The Morgan fingerprint density at radius 1 is 1.26 bits per heavy atom. The van der Waals surface area contributed by atoms with Gasteiger partial charge in [0.25, 0.3) is 0 Å². The number of H-pyrrole nitrogens is 1. The van der Waals surface area contributed by atoms with Crippen molar-refractivity contribution in [3.63, 3.8) is 0 Å². The second-order valence-electron chi connectivity index (χ2n) is 6.08. The minimum absolute atomic E-state index is 0.253. The highest BCUT2D eigenvalue weighted by atomic mass is 35.5. The molecule has 1 unspecified atom stereocenters. The van der Waals surface area contributed by atoms with Crippen LogP contribution in [0.3, 0.4) is 0 Å². The monoisotopic (exact) mass is 334 g/mol. The van der Waals surface area contributed by atoms with Gasteiger partial charge in [-0.1, -0.05) is 11.6 Å². The van der Waals surface area contributed by atoms with Crippen molar-refractivity contribution >= 4 is 17.3 Å². The van der Waals surface area contributed by atoms with Crippen molar-refractivity contribution in [1.82, 2.24) is 15.5 Å². The van der Waals surface area contributed by atoms with E-state index in [4.69, 9.17) is 16.3 Å². The van der Waals surface area contributed by atoms with Crippen LogP contribution < -0.4 is 15.4 Å². The zero-order valence-corrected chi connectivity index (χ0v) is 13.3. The van der Waals surface area contributed by atoms with Gasteiger partial charge in [-0.25, -0.2) is 0 Å². The number of hydrogen-bond acceptors (Lipinski definition) is 5. The second kappa shape index (κ2) is 6.03. The minimum atomic E-state index is -0.950. The molecule has 0 spiro atoms. The standard InChI is InChI=1S/C16H19ClN4O2/c17-13-14(9-1-2-9)20-21-15(13)16(22)19-10-3-5-11(6-4-10)23-12-7-18-8-12/h3-6,9,12,16,18-19,22H,1-2,7-8H2,(H,20,21). The Morgan fingerprint density at radius 2 is 2.00 bits per heavy atom. The molecule has 1 aromatic heterocycles. The molecule has 1 saturated heterocycles. The first-order valence-electron chi connectivity index (χ1n) is 7.86. The molecule has 1 aromatic carbocycles. The van der Waals surface area contributed by atoms with Crippen LogP contribution in [0.25, 0.3) is 0 Å². The van der Waals surface area contributed by atoms with E-state index in [0.29, 0.717) is 16.6 Å². The van der Waals surface area contributed by atoms with E-state index in [1.807, 2.05) is 24.3 Å². The molecule has 0 radical (unpaired) electrons. The Hall–Kier alpha value is -1.76. The molecule has 4 N–H and O–H groups in total. The molecule has 1 aliphatic heterocycles. The number of aliphatic hydroxyl groups is 1. The molecule has 4 rings (SSSR count). The van der Waals surface area contributed by atoms with E-state index in [1.54, 1.807) is 0 Å². The van der Waals surface area contributed by atoms with E-state index in [0.717, 1.165) is 43.1 Å². The Balaban J connectivity index is 1.40. The van der Waals surface area contributed by atoms with Crippen LogP contribution >= 0.6 is 11.6 Å². The summed E-state index contributed by atoms with van der Waals surface area (Å²) in [5, 5.41) is 24.1. The van der Waals surface area contributed by atoms with Gasteiger partial charge in [0.05, 0.1) is 10.7 Å². The summed E-state index contributed by atoms with van der Waals surface area (Å²) in [6.07, 6.45) is 1.56. The van der Waals surface area contributed by atoms with Crippen molar-refractivity contribution in [2.24, 2.45) is 0 Å². The number of rotatable bonds is 6. The first kappa shape index (κ1) is 14.8. The first-order valence-corrected chi connectivity index (χ1v) is 8.24. The third-order valence-electron chi connectivity index (χ3n) is 4.21. The predicted molar refractivity (Wildman–Crippen MR) is 87.9 cm³/mol. The number of halogens is 1. The summed E-state index contributed by atoms with van der Waals surface area (Å²) in [7, 11) is 0. The molecule has 2 heterocycles. The molecule has 1 saturated carbocycles. The Labute approximate surface area is 139 Å². The van der Waals surface area contributed by atoms with Crippen LogP contribution in [-0.2, 0) is 0 Å². The quantitative estimate of drug-likeness (QED) is 0.610. The predicted octanol–water partition coefficient (Wildman–Crippen LogP) is 2.39. The van der Waals surface area contributed by atoms with E-state index in [1.165, 1.54) is 0 Å². The summed E-state index contributed by atoms with van der Waals surface area (Å²) in [5.74, 6) is 1.29. The van der Waals surface area contributed by atoms with Gasteiger partial charge in [-0.15, -0.1) is 0 Å². The molecular weight excluding hydrogens is 316 g/mol. The third-order valence-corrected chi connectivity index (χ3v) is 4.60. The lowest BCUT2D eigenvalue weighted by Crippen LogP contribution is -2.50. The van der Waals surface area contributed by atoms with Crippen molar-refractivity contribution in [3.05, 3.63) is 40.7 Å². The van der Waals surface area contributed by atoms with Gasteiger partial charge in [0, 0.05) is 24.7 Å². The maximum absolute atomic E-state index is 10.3. The number of benzene rings is 1. The van der Waals surface area contributed by atoms with Gasteiger partial charge in [0.1, 0.15) is 17.5 Å². The largest absolute Gasteiger partial charge is 0.488 e. The molecule has 2 fully saturated rings. The summed E-state index contributed by atoms with van der Waals surface area (Å²) >= 11 is 6.31. The molecule has 1 atom stereocenters. The van der Waals surface area contributed by atoms with Crippen LogP contribution in [0.2, 0.25) is 5.02 Å². The normalized spacial score (nSPS) is 19.2. The van der Waals surface area contributed by atoms with Gasteiger partial charge in [-0.2, -0.15) is 5.10 Å². The molecule has 2 aliphatic rings. The molecule has 0 bridgehead atoms. The highest BCUT2D eigenvalue weighted by Gasteiger charge is 2.30. The topological polar surface area (TPSA) is 82.2 Å². The van der Waals surface area contributed by atoms with Crippen molar-refractivity contribution in [2.45, 2.75) is 31.1 Å². The summed E-state index contributed by atoms with van der Waals surface area (Å²) in [5.41, 5.74) is 2.15. The summed E-state index contributed by atoms with van der Waals surface area (Å²) in [6.45, 7) is 1.78. The lowest BCUT2D eigenvalue weighted by molar-refractivity contribution is 0.142. The van der Waals surface area contributed by atoms with E-state index < -0.39 is 6.23 Å². The highest BCUT2D eigenvalue weighted by molar-refractivity contribution is 6.32. The minimum Gasteiger partial charge on any atom is -0.488 e. The summed E-state index contributed by atoms with van der Waals surface area (Å²) < 4.78 is 5.76. The maximum Gasteiger partial charge on any atom is 0.171 e. The average molecular weight is 335 g/mol. The van der Waals surface area contributed by atoms with Crippen molar-refractivity contribution in [1.29, 1.82) is 0 Å². The number of nitrogens with zero attached hydrogens (tertiary/aromatic N) is 1. The lowest BCUT2D eigenvalue weighted by atomic mass is 10.2. The Morgan fingerprint density at radius 3 is 2.61 bits per heavy atom. The number of hydrogen-bond donors (Lipinski definition) is 4. The van der Waals surface area contributed by atoms with Gasteiger partial charge in [0.15, 0.2) is 6.23 Å². The Kier molecular flexibility index (Phi) is 3.88. The molecule has 6 nitrogen and oxygen atoms in total. The number of aromatic nitrogens is 2. The van der Waals surface area contributed by atoms with Crippen molar-refractivity contribution in [3.8, 4) is 5.75 Å². The molecule has 1 aliphatic carbocycles. The fourth-order valence-corrected chi connectivity index (χ4v) is 2.92. The zero-order chi connectivity index (χ0) is 15.8. The number of nitrogens with one attached hydrogen (secondary N) is 3. The maximum atomic E-state index is 10.3. The first-order chi connectivity index (χ1) is 11.2. The average Bonchev–Trinajstić information content (AvgIpc) is 3.27. The lowest BCUT2D eigenvalue weighted by Gasteiger charge is -2.27. The van der Waals surface area contributed by atoms with Gasteiger partial charge in [-0.3, -0.25) is 5.10 Å². The van der Waals surface area contributed by atoms with Crippen LogP contribution in [-0.4, -0.2) is 34.5 Å². The van der Waals surface area contributed by atoms with Gasteiger partial charge < -0.3 is 20.5 Å². The van der Waals surface area contributed by atoms with Gasteiger partial charge >= 0.3 is 0 Å². The van der Waals surface area contributed by atoms with Crippen LogP contribution in [0.15, 0.2) is 24.3 Å². The fraction of sp³-hybridized carbons (Fsp3) is 0.438. The van der Waals surface area contributed by atoms with Crippen LogP contribution in [0.1, 0.15) is 36.4 Å². The van der Waals surface area contributed by atoms with Crippen LogP contribution in [0, 0.1) is 0 Å². The number of aromatic amines is 1. The molecular formula is C16H19ClN4O2. The molecule has 23 heavy (non-hydrogen) atoms. The smallest absolute Gasteiger partial charge is 0.171 e. The molecule has 122 valence electrons. The van der Waals surface area contributed by atoms with E-state index in [-0.39, 0.29) is 6.10 Å². The van der Waals surface area contributed by atoms with Crippen LogP contribution in [0.4, 0.5) is 5.69 Å².